The first kappa shape index (κ1) is 13.8. The fourth-order valence-corrected chi connectivity index (χ4v) is 3.59. The number of ketones is 1. The fourth-order valence-electron chi connectivity index (χ4n) is 3.01. The smallest absolute Gasteiger partial charge is 0.223 e. The van der Waals surface area contributed by atoms with Gasteiger partial charge in [0.25, 0.3) is 0 Å². The number of amides is 1. The highest BCUT2D eigenvalue weighted by atomic mass is 79.9. The van der Waals surface area contributed by atoms with Crippen molar-refractivity contribution in [1.82, 2.24) is 0 Å². The first-order valence-corrected chi connectivity index (χ1v) is 7.93. The summed E-state index contributed by atoms with van der Waals surface area (Å²) in [6.45, 7) is 4.44. The molecule has 0 spiro atoms. The van der Waals surface area contributed by atoms with Crippen molar-refractivity contribution in [3.63, 3.8) is 0 Å². The molecule has 1 aromatic rings. The van der Waals surface area contributed by atoms with Gasteiger partial charge in [-0.2, -0.15) is 0 Å². The molecule has 2 unspecified atom stereocenters. The van der Waals surface area contributed by atoms with E-state index >= 15 is 0 Å². The molecule has 0 saturated heterocycles. The van der Waals surface area contributed by atoms with Crippen molar-refractivity contribution in [2.75, 3.05) is 11.4 Å². The van der Waals surface area contributed by atoms with Gasteiger partial charge in [-0.05, 0) is 42.9 Å². The van der Waals surface area contributed by atoms with Crippen molar-refractivity contribution in [3.05, 3.63) is 27.7 Å². The number of halogens is 1. The lowest BCUT2D eigenvalue weighted by Crippen LogP contribution is -2.33. The number of benzene rings is 1. The molecule has 1 aliphatic carbocycles. The van der Waals surface area contributed by atoms with E-state index in [1.54, 1.807) is 11.8 Å². The van der Waals surface area contributed by atoms with Gasteiger partial charge in [0.05, 0.1) is 0 Å². The largest absolute Gasteiger partial charge is 0.312 e. The lowest BCUT2D eigenvalue weighted by molar-refractivity contribution is -0.116. The molecular weight excluding hydrogens is 318 g/mol. The van der Waals surface area contributed by atoms with E-state index in [-0.39, 0.29) is 17.6 Å². The molecule has 20 heavy (non-hydrogen) atoms. The van der Waals surface area contributed by atoms with Crippen molar-refractivity contribution in [3.8, 4) is 0 Å². The standard InChI is InChI=1S/C16H18BrNO2/c1-9-6-12(9)16(20)13-8-15-11(7-14(13)17)4-3-5-18(15)10(2)19/h7-9,12H,3-6H2,1-2H3. The average Bonchev–Trinajstić information content (AvgIpc) is 3.13. The predicted molar refractivity (Wildman–Crippen MR) is 82.1 cm³/mol. The maximum absolute atomic E-state index is 12.5. The van der Waals surface area contributed by atoms with E-state index in [1.165, 1.54) is 0 Å². The Labute approximate surface area is 127 Å². The minimum atomic E-state index is 0.0476. The molecule has 1 aliphatic heterocycles. The molecule has 0 radical (unpaired) electrons. The zero-order valence-electron chi connectivity index (χ0n) is 11.8. The van der Waals surface area contributed by atoms with Crippen molar-refractivity contribution < 1.29 is 9.59 Å². The maximum Gasteiger partial charge on any atom is 0.223 e. The van der Waals surface area contributed by atoms with Crippen LogP contribution in [0.15, 0.2) is 16.6 Å². The Morgan fingerprint density at radius 3 is 2.65 bits per heavy atom. The molecule has 1 fully saturated rings. The lowest BCUT2D eigenvalue weighted by Gasteiger charge is -2.29. The summed E-state index contributed by atoms with van der Waals surface area (Å²) >= 11 is 3.52. The third kappa shape index (κ3) is 2.30. The van der Waals surface area contributed by atoms with Crippen LogP contribution in [0.25, 0.3) is 0 Å². The number of carbonyl (C=O) groups is 2. The second-order valence-corrected chi connectivity index (χ2v) is 6.77. The highest BCUT2D eigenvalue weighted by molar-refractivity contribution is 9.10. The number of Topliss-reactive ketones (excluding diaryl/α,β-unsaturated/α-hetero) is 1. The number of hydrogen-bond donors (Lipinski definition) is 0. The van der Waals surface area contributed by atoms with E-state index in [0.717, 1.165) is 47.1 Å². The van der Waals surface area contributed by atoms with Gasteiger partial charge in [0, 0.05) is 35.1 Å². The maximum atomic E-state index is 12.5. The highest BCUT2D eigenvalue weighted by Gasteiger charge is 2.40. The molecule has 4 heteroatoms. The molecule has 1 heterocycles. The Morgan fingerprint density at radius 1 is 1.35 bits per heavy atom. The number of rotatable bonds is 2. The average molecular weight is 336 g/mol. The first-order valence-electron chi connectivity index (χ1n) is 7.13. The molecule has 3 rings (SSSR count). The Bertz CT molecular complexity index is 596. The van der Waals surface area contributed by atoms with Crippen LogP contribution in [0.4, 0.5) is 5.69 Å². The summed E-state index contributed by atoms with van der Waals surface area (Å²) < 4.78 is 0.866. The van der Waals surface area contributed by atoms with Gasteiger partial charge in [0.2, 0.25) is 5.91 Å². The van der Waals surface area contributed by atoms with Crippen LogP contribution in [0.3, 0.4) is 0 Å². The van der Waals surface area contributed by atoms with E-state index < -0.39 is 0 Å². The highest BCUT2D eigenvalue weighted by Crippen LogP contribution is 2.42. The van der Waals surface area contributed by atoms with Gasteiger partial charge >= 0.3 is 0 Å². The zero-order chi connectivity index (χ0) is 14.4. The Morgan fingerprint density at radius 2 is 2.05 bits per heavy atom. The molecule has 3 nitrogen and oxygen atoms in total. The van der Waals surface area contributed by atoms with E-state index in [9.17, 15) is 9.59 Å². The summed E-state index contributed by atoms with van der Waals surface area (Å²) in [5.74, 6) is 0.917. The van der Waals surface area contributed by atoms with Gasteiger partial charge in [0.1, 0.15) is 0 Å². The summed E-state index contributed by atoms with van der Waals surface area (Å²) in [7, 11) is 0. The van der Waals surface area contributed by atoms with Gasteiger partial charge in [0.15, 0.2) is 5.78 Å². The molecule has 0 bridgehead atoms. The number of aryl methyl sites for hydroxylation is 1. The summed E-state index contributed by atoms with van der Waals surface area (Å²) in [6.07, 6.45) is 2.93. The summed E-state index contributed by atoms with van der Waals surface area (Å²) in [6, 6.07) is 3.93. The van der Waals surface area contributed by atoms with Crippen LogP contribution in [0.5, 0.6) is 0 Å². The fraction of sp³-hybridized carbons (Fsp3) is 0.500. The minimum absolute atomic E-state index is 0.0476. The van der Waals surface area contributed by atoms with Crippen molar-refractivity contribution >= 4 is 33.3 Å². The number of carbonyl (C=O) groups excluding carboxylic acids is 2. The number of nitrogens with zero attached hydrogens (tertiary/aromatic N) is 1. The van der Waals surface area contributed by atoms with Crippen LogP contribution in [-0.4, -0.2) is 18.2 Å². The molecule has 0 aromatic heterocycles. The van der Waals surface area contributed by atoms with Crippen LogP contribution >= 0.6 is 15.9 Å². The Balaban J connectivity index is 2.02. The third-order valence-corrected chi connectivity index (χ3v) is 5.03. The third-order valence-electron chi connectivity index (χ3n) is 4.38. The second kappa shape index (κ2) is 4.99. The summed E-state index contributed by atoms with van der Waals surface area (Å²) in [5, 5.41) is 0. The van der Waals surface area contributed by atoms with Crippen LogP contribution in [0, 0.1) is 11.8 Å². The summed E-state index contributed by atoms with van der Waals surface area (Å²) in [4.78, 5) is 26.0. The number of anilines is 1. The van der Waals surface area contributed by atoms with Gasteiger partial charge in [-0.15, -0.1) is 0 Å². The first-order chi connectivity index (χ1) is 9.49. The van der Waals surface area contributed by atoms with Gasteiger partial charge in [-0.3, -0.25) is 9.59 Å². The zero-order valence-corrected chi connectivity index (χ0v) is 13.4. The SMILES string of the molecule is CC(=O)N1CCCc2cc(Br)c(C(=O)C3CC3C)cc21. The van der Waals surface area contributed by atoms with E-state index in [0.29, 0.717) is 5.92 Å². The van der Waals surface area contributed by atoms with Gasteiger partial charge < -0.3 is 4.90 Å². The van der Waals surface area contributed by atoms with Crippen LogP contribution in [-0.2, 0) is 11.2 Å². The van der Waals surface area contributed by atoms with Crippen molar-refractivity contribution in [2.24, 2.45) is 11.8 Å². The molecule has 1 amide bonds. The van der Waals surface area contributed by atoms with E-state index in [2.05, 4.69) is 22.9 Å². The van der Waals surface area contributed by atoms with Gasteiger partial charge in [-0.25, -0.2) is 0 Å². The molecule has 1 aromatic carbocycles. The number of fused-ring (bicyclic) bond motifs is 1. The Hall–Kier alpha value is -1.16. The number of hydrogen-bond acceptors (Lipinski definition) is 2. The second-order valence-electron chi connectivity index (χ2n) is 5.92. The van der Waals surface area contributed by atoms with Crippen molar-refractivity contribution in [1.29, 1.82) is 0 Å². The van der Waals surface area contributed by atoms with E-state index in [4.69, 9.17) is 0 Å². The van der Waals surface area contributed by atoms with E-state index in [1.807, 2.05) is 12.1 Å². The molecular formula is C16H18BrNO2. The van der Waals surface area contributed by atoms with Gasteiger partial charge in [-0.1, -0.05) is 22.9 Å². The molecule has 0 N–H and O–H groups in total. The summed E-state index contributed by atoms with van der Waals surface area (Å²) in [5.41, 5.74) is 2.80. The minimum Gasteiger partial charge on any atom is -0.312 e. The normalized spacial score (nSPS) is 24.2. The van der Waals surface area contributed by atoms with Crippen LogP contribution < -0.4 is 4.90 Å². The lowest BCUT2D eigenvalue weighted by atomic mass is 9.96. The molecule has 1 saturated carbocycles. The quantitative estimate of drug-likeness (QED) is 0.774. The topological polar surface area (TPSA) is 37.4 Å². The molecule has 106 valence electrons. The molecule has 2 aliphatic rings. The predicted octanol–water partition coefficient (Wildman–Crippen LogP) is 3.59. The Kier molecular flexibility index (Phi) is 3.44. The van der Waals surface area contributed by atoms with Crippen molar-refractivity contribution in [2.45, 2.75) is 33.1 Å². The van der Waals surface area contributed by atoms with Crippen LogP contribution in [0.2, 0.25) is 0 Å². The van der Waals surface area contributed by atoms with Crippen LogP contribution in [0.1, 0.15) is 42.6 Å². The molecule has 2 atom stereocenters. The monoisotopic (exact) mass is 335 g/mol.